The van der Waals surface area contributed by atoms with E-state index < -0.39 is 14.3 Å². The van der Waals surface area contributed by atoms with Gasteiger partial charge in [-0.3, -0.25) is 4.79 Å². The molecular formula is C30H54O4Si. The highest BCUT2D eigenvalue weighted by atomic mass is 28.4. The van der Waals surface area contributed by atoms with E-state index in [0.717, 1.165) is 44.9 Å². The molecule has 35 heavy (non-hydrogen) atoms. The highest BCUT2D eigenvalue weighted by molar-refractivity contribution is 6.74. The van der Waals surface area contributed by atoms with E-state index in [-0.39, 0.29) is 33.8 Å². The molecule has 0 heterocycles. The van der Waals surface area contributed by atoms with Crippen LogP contribution in [0.5, 0.6) is 0 Å². The van der Waals surface area contributed by atoms with Gasteiger partial charge in [0.15, 0.2) is 8.32 Å². The van der Waals surface area contributed by atoms with Crippen LogP contribution >= 0.6 is 0 Å². The minimum Gasteiger partial charge on any atom is -0.481 e. The number of hydrogen-bond donors (Lipinski definition) is 2. The first-order chi connectivity index (χ1) is 16.1. The molecule has 4 aliphatic carbocycles. The smallest absolute Gasteiger partial charge is 0.306 e. The summed E-state index contributed by atoms with van der Waals surface area (Å²) < 4.78 is 6.95. The zero-order valence-corrected chi connectivity index (χ0v) is 25.1. The van der Waals surface area contributed by atoms with Gasteiger partial charge in [-0.05, 0) is 109 Å². The van der Waals surface area contributed by atoms with E-state index in [1.807, 2.05) is 6.92 Å². The van der Waals surface area contributed by atoms with E-state index in [4.69, 9.17) is 4.43 Å². The molecule has 0 aromatic rings. The molecule has 0 aliphatic heterocycles. The van der Waals surface area contributed by atoms with Crippen molar-refractivity contribution in [1.82, 2.24) is 0 Å². The van der Waals surface area contributed by atoms with Crippen molar-refractivity contribution in [2.24, 2.45) is 52.3 Å². The standard InChI is InChI=1S/C30H54O4Si/c1-10-20-24-17-19(34-35(8,9)28(3,4)5)13-15-30(24,7)23-14-16-29(6)21(18(2)27(32)33)11-12-22(29)25(23)26(20)31/h18-26,31H,10-17H2,1-9H3,(H,32,33)/t18-,19?,20+,21+,22?,23?,24?,25-,26+,29?,30+/m0/s1. The third-order valence-corrected chi connectivity index (χ3v) is 17.2. The molecule has 4 aliphatic rings. The van der Waals surface area contributed by atoms with Gasteiger partial charge >= 0.3 is 5.97 Å². The van der Waals surface area contributed by atoms with Crippen molar-refractivity contribution in [2.45, 2.75) is 130 Å². The molecule has 5 heteroatoms. The quantitative estimate of drug-likeness (QED) is 0.382. The Morgan fingerprint density at radius 3 is 2.20 bits per heavy atom. The number of rotatable bonds is 5. The molecule has 0 spiro atoms. The average Bonchev–Trinajstić information content (AvgIpc) is 3.10. The Kier molecular flexibility index (Phi) is 7.20. The van der Waals surface area contributed by atoms with Crippen molar-refractivity contribution < 1.29 is 19.4 Å². The molecule has 0 aromatic heterocycles. The predicted octanol–water partition coefficient (Wildman–Crippen LogP) is 7.36. The summed E-state index contributed by atoms with van der Waals surface area (Å²) in [5.41, 5.74) is 0.305. The SMILES string of the molecule is CC[C@@H]1C2CC(O[Si](C)(C)C(C)(C)C)CC[C@]2(C)C2CCC3(C)C(CC[C@@H]3[C@H](C)C(=O)O)[C@@H]2[C@@H]1O. The number of aliphatic hydroxyl groups excluding tert-OH is 1. The Hall–Kier alpha value is -0.393. The van der Waals surface area contributed by atoms with E-state index in [9.17, 15) is 15.0 Å². The second-order valence-electron chi connectivity index (χ2n) is 15.1. The normalized spacial score (nSPS) is 46.9. The number of aliphatic hydroxyl groups is 1. The molecule has 0 saturated heterocycles. The highest BCUT2D eigenvalue weighted by Crippen LogP contribution is 2.69. The lowest BCUT2D eigenvalue weighted by Crippen LogP contribution is -2.62. The molecule has 11 atom stereocenters. The third kappa shape index (κ3) is 4.28. The van der Waals surface area contributed by atoms with Crippen LogP contribution in [-0.4, -0.2) is 36.7 Å². The molecular weight excluding hydrogens is 452 g/mol. The lowest BCUT2D eigenvalue weighted by Gasteiger charge is -2.65. The lowest BCUT2D eigenvalue weighted by molar-refractivity contribution is -0.203. The van der Waals surface area contributed by atoms with E-state index in [1.54, 1.807) is 0 Å². The number of fused-ring (bicyclic) bond motifs is 5. The monoisotopic (exact) mass is 506 g/mol. The van der Waals surface area contributed by atoms with Crippen molar-refractivity contribution in [2.75, 3.05) is 0 Å². The van der Waals surface area contributed by atoms with Crippen LogP contribution < -0.4 is 0 Å². The van der Waals surface area contributed by atoms with Gasteiger partial charge in [0.05, 0.1) is 12.0 Å². The summed E-state index contributed by atoms with van der Waals surface area (Å²) in [5.74, 6) is 1.46. The largest absolute Gasteiger partial charge is 0.481 e. The summed E-state index contributed by atoms with van der Waals surface area (Å²) in [5, 5.41) is 22.0. The molecule has 4 nitrogen and oxygen atoms in total. The van der Waals surface area contributed by atoms with Crippen LogP contribution in [0.1, 0.15) is 99.8 Å². The fraction of sp³-hybridized carbons (Fsp3) is 0.967. The minimum absolute atomic E-state index is 0.0457. The van der Waals surface area contributed by atoms with Crippen molar-refractivity contribution in [3.05, 3.63) is 0 Å². The van der Waals surface area contributed by atoms with Crippen LogP contribution in [0.25, 0.3) is 0 Å². The van der Waals surface area contributed by atoms with Crippen LogP contribution in [0.2, 0.25) is 18.1 Å². The number of carboxylic acids is 1. The number of aliphatic carboxylic acids is 1. The number of carbonyl (C=O) groups is 1. The van der Waals surface area contributed by atoms with Gasteiger partial charge in [-0.15, -0.1) is 0 Å². The molecule has 2 N–H and O–H groups in total. The van der Waals surface area contributed by atoms with Gasteiger partial charge in [0.1, 0.15) is 0 Å². The maximum Gasteiger partial charge on any atom is 0.306 e. The Bertz CT molecular complexity index is 805. The first-order valence-corrected chi connectivity index (χ1v) is 17.6. The van der Waals surface area contributed by atoms with Crippen LogP contribution in [0.4, 0.5) is 0 Å². The topological polar surface area (TPSA) is 66.8 Å². The molecule has 0 aromatic carbocycles. The number of carboxylic acid groups (broad SMARTS) is 1. The molecule has 4 fully saturated rings. The molecule has 202 valence electrons. The van der Waals surface area contributed by atoms with Gasteiger partial charge in [-0.1, -0.05) is 54.9 Å². The van der Waals surface area contributed by atoms with Gasteiger partial charge in [0, 0.05) is 6.10 Å². The van der Waals surface area contributed by atoms with Crippen LogP contribution in [0.3, 0.4) is 0 Å². The van der Waals surface area contributed by atoms with Gasteiger partial charge in [0.2, 0.25) is 0 Å². The second-order valence-corrected chi connectivity index (χ2v) is 19.9. The van der Waals surface area contributed by atoms with Crippen LogP contribution in [-0.2, 0) is 9.22 Å². The lowest BCUT2D eigenvalue weighted by atomic mass is 9.41. The fourth-order valence-corrected chi connectivity index (χ4v) is 11.1. The highest BCUT2D eigenvalue weighted by Gasteiger charge is 2.65. The molecule has 4 rings (SSSR count). The molecule has 5 unspecified atom stereocenters. The van der Waals surface area contributed by atoms with Gasteiger partial charge in [0.25, 0.3) is 0 Å². The summed E-state index contributed by atoms with van der Waals surface area (Å²) >= 11 is 0. The van der Waals surface area contributed by atoms with E-state index in [0.29, 0.717) is 35.7 Å². The average molecular weight is 507 g/mol. The van der Waals surface area contributed by atoms with Gasteiger partial charge < -0.3 is 14.6 Å². The molecule has 0 radical (unpaired) electrons. The zero-order valence-electron chi connectivity index (χ0n) is 24.1. The molecule has 0 bridgehead atoms. The summed E-state index contributed by atoms with van der Waals surface area (Å²) in [6.07, 6.45) is 8.90. The fourth-order valence-electron chi connectivity index (χ4n) is 9.68. The predicted molar refractivity (Wildman–Crippen MR) is 145 cm³/mol. The van der Waals surface area contributed by atoms with Gasteiger partial charge in [-0.2, -0.15) is 0 Å². The second kappa shape index (κ2) is 9.12. The maximum atomic E-state index is 12.0. The molecule has 0 amide bonds. The molecule has 4 saturated carbocycles. The van der Waals surface area contributed by atoms with E-state index in [1.165, 1.54) is 6.42 Å². The zero-order chi connectivity index (χ0) is 26.1. The summed E-state index contributed by atoms with van der Waals surface area (Å²) in [4.78, 5) is 11.9. The van der Waals surface area contributed by atoms with E-state index >= 15 is 0 Å². The van der Waals surface area contributed by atoms with Crippen molar-refractivity contribution in [3.63, 3.8) is 0 Å². The van der Waals surface area contributed by atoms with Crippen molar-refractivity contribution in [3.8, 4) is 0 Å². The minimum atomic E-state index is -1.82. The summed E-state index contributed by atoms with van der Waals surface area (Å²) in [6, 6.07) is 0. The van der Waals surface area contributed by atoms with Crippen LogP contribution in [0.15, 0.2) is 0 Å². The first kappa shape index (κ1) is 27.6. The van der Waals surface area contributed by atoms with Crippen LogP contribution in [0, 0.1) is 52.3 Å². The Balaban J connectivity index is 1.61. The maximum absolute atomic E-state index is 12.0. The van der Waals surface area contributed by atoms with E-state index in [2.05, 4.69) is 54.6 Å². The third-order valence-electron chi connectivity index (χ3n) is 12.7. The Morgan fingerprint density at radius 2 is 1.63 bits per heavy atom. The Morgan fingerprint density at radius 1 is 1.03 bits per heavy atom. The summed E-state index contributed by atoms with van der Waals surface area (Å²) in [6.45, 7) is 20.9. The number of hydrogen-bond acceptors (Lipinski definition) is 3. The van der Waals surface area contributed by atoms with Crippen molar-refractivity contribution >= 4 is 14.3 Å². The first-order valence-electron chi connectivity index (χ1n) is 14.7. The van der Waals surface area contributed by atoms with Crippen molar-refractivity contribution in [1.29, 1.82) is 0 Å². The summed E-state index contributed by atoms with van der Waals surface area (Å²) in [7, 11) is -1.82. The van der Waals surface area contributed by atoms with Gasteiger partial charge in [-0.25, -0.2) is 0 Å². The Labute approximate surface area is 216 Å².